The zero-order valence-electron chi connectivity index (χ0n) is 12.5. The molecule has 0 aliphatic carbocycles. The molecule has 1 aromatic rings. The molecule has 0 unspecified atom stereocenters. The number of likely N-dealkylation sites (N-methyl/N-ethyl adjacent to an activating group) is 1. The van der Waals surface area contributed by atoms with Crippen molar-refractivity contribution in [2.45, 2.75) is 13.0 Å². The normalized spacial score (nSPS) is 11.9. The molecule has 0 aliphatic rings. The maximum absolute atomic E-state index is 12.1. The van der Waals surface area contributed by atoms with Gasteiger partial charge in [-0.2, -0.15) is 5.10 Å². The first-order valence-corrected chi connectivity index (χ1v) is 9.38. The highest BCUT2D eigenvalue weighted by Crippen LogP contribution is 2.15. The van der Waals surface area contributed by atoms with Crippen LogP contribution in [0.25, 0.3) is 0 Å². The van der Waals surface area contributed by atoms with Gasteiger partial charge in [0.1, 0.15) is 14.3 Å². The van der Waals surface area contributed by atoms with Gasteiger partial charge in [-0.3, -0.25) is 4.79 Å². The first-order chi connectivity index (χ1) is 9.70. The summed E-state index contributed by atoms with van der Waals surface area (Å²) in [4.78, 5) is 14.1. The summed E-state index contributed by atoms with van der Waals surface area (Å²) in [6, 6.07) is 0. The molecule has 0 saturated carbocycles. The van der Waals surface area contributed by atoms with Gasteiger partial charge in [0, 0.05) is 19.3 Å². The van der Waals surface area contributed by atoms with Crippen LogP contribution in [0.5, 0.6) is 0 Å². The highest BCUT2D eigenvalue weighted by atomic mass is 79.9. The fourth-order valence-electron chi connectivity index (χ4n) is 1.60. The van der Waals surface area contributed by atoms with E-state index in [4.69, 9.17) is 0 Å². The summed E-state index contributed by atoms with van der Waals surface area (Å²) in [7, 11) is 0.900. The van der Waals surface area contributed by atoms with Crippen molar-refractivity contribution in [3.05, 3.63) is 21.0 Å². The van der Waals surface area contributed by atoms with Crippen LogP contribution >= 0.6 is 15.9 Å². The Bertz CT molecular complexity index is 628. The van der Waals surface area contributed by atoms with E-state index in [1.54, 1.807) is 6.20 Å². The van der Waals surface area contributed by atoms with Crippen molar-refractivity contribution in [1.82, 2.24) is 14.7 Å². The zero-order valence-corrected chi connectivity index (χ0v) is 14.9. The van der Waals surface area contributed by atoms with E-state index in [0.29, 0.717) is 29.7 Å². The van der Waals surface area contributed by atoms with Crippen molar-refractivity contribution < 1.29 is 8.42 Å². The molecule has 120 valence electrons. The minimum absolute atomic E-state index is 0.116. The SMILES string of the molecule is CN(C)CCn1ncc(NCCCS(C)(=O)=O)c(Br)c1=O. The molecule has 0 saturated heterocycles. The smallest absolute Gasteiger partial charge is 0.283 e. The monoisotopic (exact) mass is 380 g/mol. The first-order valence-electron chi connectivity index (χ1n) is 6.52. The van der Waals surface area contributed by atoms with Crippen LogP contribution in [0.4, 0.5) is 5.69 Å². The summed E-state index contributed by atoms with van der Waals surface area (Å²) in [5.74, 6) is 0.116. The summed E-state index contributed by atoms with van der Waals surface area (Å²) in [5, 5.41) is 7.13. The Labute approximate surface area is 133 Å². The van der Waals surface area contributed by atoms with Crippen molar-refractivity contribution in [1.29, 1.82) is 0 Å². The van der Waals surface area contributed by atoms with E-state index in [-0.39, 0.29) is 11.3 Å². The maximum Gasteiger partial charge on any atom is 0.283 e. The second kappa shape index (κ2) is 7.90. The average Bonchev–Trinajstić information content (AvgIpc) is 2.37. The van der Waals surface area contributed by atoms with Gasteiger partial charge in [0.2, 0.25) is 0 Å². The standard InChI is InChI=1S/C12H21BrN4O3S/c1-16(2)6-7-17-12(18)11(13)10(9-15-17)14-5-4-8-21(3,19)20/h9,14H,4-8H2,1-3H3. The number of sulfone groups is 1. The highest BCUT2D eigenvalue weighted by Gasteiger charge is 2.09. The predicted molar refractivity (Wildman–Crippen MR) is 87.6 cm³/mol. The Morgan fingerprint density at radius 1 is 1.43 bits per heavy atom. The zero-order chi connectivity index (χ0) is 16.0. The molecule has 1 heterocycles. The van der Waals surface area contributed by atoms with Gasteiger partial charge in [0.25, 0.3) is 5.56 Å². The van der Waals surface area contributed by atoms with Crippen LogP contribution in [-0.2, 0) is 16.4 Å². The third-order valence-electron chi connectivity index (χ3n) is 2.75. The lowest BCUT2D eigenvalue weighted by molar-refractivity contribution is 0.367. The molecular weight excluding hydrogens is 360 g/mol. The van der Waals surface area contributed by atoms with Crippen molar-refractivity contribution in [2.75, 3.05) is 44.5 Å². The van der Waals surface area contributed by atoms with Gasteiger partial charge < -0.3 is 10.2 Å². The van der Waals surface area contributed by atoms with Crippen LogP contribution < -0.4 is 10.9 Å². The van der Waals surface area contributed by atoms with E-state index < -0.39 is 9.84 Å². The van der Waals surface area contributed by atoms with Gasteiger partial charge in [0.15, 0.2) is 0 Å². The predicted octanol–water partition coefficient (Wildman–Crippen LogP) is 0.414. The third-order valence-corrected chi connectivity index (χ3v) is 4.55. The quantitative estimate of drug-likeness (QED) is 0.657. The number of aromatic nitrogens is 2. The molecule has 0 atom stereocenters. The van der Waals surface area contributed by atoms with Gasteiger partial charge in [0.05, 0.1) is 24.2 Å². The van der Waals surface area contributed by atoms with Gasteiger partial charge in [-0.1, -0.05) is 0 Å². The van der Waals surface area contributed by atoms with Gasteiger partial charge >= 0.3 is 0 Å². The van der Waals surface area contributed by atoms with Crippen LogP contribution in [0.1, 0.15) is 6.42 Å². The Morgan fingerprint density at radius 3 is 2.67 bits per heavy atom. The van der Waals surface area contributed by atoms with Gasteiger partial charge in [-0.25, -0.2) is 13.1 Å². The van der Waals surface area contributed by atoms with Crippen LogP contribution in [0.3, 0.4) is 0 Å². The number of hydrogen-bond acceptors (Lipinski definition) is 6. The van der Waals surface area contributed by atoms with Crippen LogP contribution in [0, 0.1) is 0 Å². The number of nitrogens with one attached hydrogen (secondary N) is 1. The molecule has 0 aromatic carbocycles. The molecular formula is C12H21BrN4O3S. The minimum atomic E-state index is -2.96. The second-order valence-electron chi connectivity index (χ2n) is 5.11. The van der Waals surface area contributed by atoms with E-state index in [1.807, 2.05) is 19.0 Å². The molecule has 0 bridgehead atoms. The Hall–Kier alpha value is -0.930. The van der Waals surface area contributed by atoms with Crippen molar-refractivity contribution in [3.8, 4) is 0 Å². The molecule has 0 fully saturated rings. The van der Waals surface area contributed by atoms with Crippen molar-refractivity contribution in [2.24, 2.45) is 0 Å². The molecule has 9 heteroatoms. The lowest BCUT2D eigenvalue weighted by atomic mass is 10.4. The number of anilines is 1. The largest absolute Gasteiger partial charge is 0.383 e. The molecule has 0 radical (unpaired) electrons. The maximum atomic E-state index is 12.1. The number of halogens is 1. The van der Waals surface area contributed by atoms with E-state index >= 15 is 0 Å². The molecule has 7 nitrogen and oxygen atoms in total. The van der Waals surface area contributed by atoms with Crippen molar-refractivity contribution >= 4 is 31.5 Å². The van der Waals surface area contributed by atoms with Gasteiger partial charge in [-0.05, 0) is 36.4 Å². The fraction of sp³-hybridized carbons (Fsp3) is 0.667. The molecule has 1 aromatic heterocycles. The van der Waals surface area contributed by atoms with Gasteiger partial charge in [-0.15, -0.1) is 0 Å². The van der Waals surface area contributed by atoms with E-state index in [0.717, 1.165) is 6.54 Å². The number of rotatable bonds is 8. The summed E-state index contributed by atoms with van der Waals surface area (Å²) >= 11 is 3.26. The van der Waals surface area contributed by atoms with E-state index in [2.05, 4.69) is 26.3 Å². The molecule has 0 spiro atoms. The molecule has 1 N–H and O–H groups in total. The summed E-state index contributed by atoms with van der Waals surface area (Å²) < 4.78 is 23.9. The fourth-order valence-corrected chi connectivity index (χ4v) is 2.72. The highest BCUT2D eigenvalue weighted by molar-refractivity contribution is 9.10. The molecule has 0 amide bonds. The third kappa shape index (κ3) is 6.58. The topological polar surface area (TPSA) is 84.3 Å². The molecule has 21 heavy (non-hydrogen) atoms. The second-order valence-corrected chi connectivity index (χ2v) is 8.17. The van der Waals surface area contributed by atoms with Crippen LogP contribution in [0.15, 0.2) is 15.5 Å². The lowest BCUT2D eigenvalue weighted by Crippen LogP contribution is -2.29. The van der Waals surface area contributed by atoms with E-state index in [9.17, 15) is 13.2 Å². The van der Waals surface area contributed by atoms with E-state index in [1.165, 1.54) is 10.9 Å². The van der Waals surface area contributed by atoms with Crippen molar-refractivity contribution in [3.63, 3.8) is 0 Å². The Morgan fingerprint density at radius 2 is 2.10 bits per heavy atom. The lowest BCUT2D eigenvalue weighted by Gasteiger charge is -2.12. The number of hydrogen-bond donors (Lipinski definition) is 1. The first kappa shape index (κ1) is 18.1. The average molecular weight is 381 g/mol. The van der Waals surface area contributed by atoms with Crippen LogP contribution in [-0.4, -0.2) is 62.3 Å². The summed E-state index contributed by atoms with van der Waals surface area (Å²) in [5.41, 5.74) is 0.375. The molecule has 0 aliphatic heterocycles. The summed E-state index contributed by atoms with van der Waals surface area (Å²) in [6.45, 7) is 1.70. The minimum Gasteiger partial charge on any atom is -0.383 e. The summed E-state index contributed by atoms with van der Waals surface area (Å²) in [6.07, 6.45) is 3.26. The Balaban J connectivity index is 2.65. The Kier molecular flexibility index (Phi) is 6.82. The van der Waals surface area contributed by atoms with Crippen LogP contribution in [0.2, 0.25) is 0 Å². The number of nitrogens with zero attached hydrogens (tertiary/aromatic N) is 3. The molecule has 1 rings (SSSR count).